The van der Waals surface area contributed by atoms with Gasteiger partial charge in [-0.05, 0) is 18.8 Å². The van der Waals surface area contributed by atoms with E-state index >= 15 is 0 Å². The molecule has 18 heavy (non-hydrogen) atoms. The Morgan fingerprint density at radius 1 is 1.44 bits per heavy atom. The van der Waals surface area contributed by atoms with Crippen molar-refractivity contribution in [3.05, 3.63) is 0 Å². The van der Waals surface area contributed by atoms with Crippen LogP contribution < -0.4 is 5.32 Å². The second-order valence-electron chi connectivity index (χ2n) is 6.01. The van der Waals surface area contributed by atoms with Gasteiger partial charge in [-0.2, -0.15) is 0 Å². The van der Waals surface area contributed by atoms with Gasteiger partial charge in [-0.15, -0.1) is 0 Å². The highest BCUT2D eigenvalue weighted by atomic mass is 16.5. The molecule has 5 heteroatoms. The average Bonchev–Trinajstić information content (AvgIpc) is 2.58. The SMILES string of the molecule is CC1OCCC1CNC(=O)C(C(=O)O)C(C)(C)C. The summed E-state index contributed by atoms with van der Waals surface area (Å²) in [6.07, 6.45) is 1.04. The van der Waals surface area contributed by atoms with Crippen molar-refractivity contribution in [2.75, 3.05) is 13.2 Å². The Balaban J connectivity index is 2.55. The van der Waals surface area contributed by atoms with Crippen LogP contribution in [-0.2, 0) is 14.3 Å². The smallest absolute Gasteiger partial charge is 0.316 e. The van der Waals surface area contributed by atoms with Crippen LogP contribution >= 0.6 is 0 Å². The van der Waals surface area contributed by atoms with E-state index in [9.17, 15) is 9.59 Å². The second-order valence-corrected chi connectivity index (χ2v) is 6.01. The first-order valence-electron chi connectivity index (χ1n) is 6.35. The Bertz CT molecular complexity index is 321. The number of carboxylic acid groups (broad SMARTS) is 1. The molecule has 0 aromatic rings. The third-order valence-electron chi connectivity index (χ3n) is 3.45. The van der Waals surface area contributed by atoms with Gasteiger partial charge in [-0.3, -0.25) is 9.59 Å². The quantitative estimate of drug-likeness (QED) is 0.744. The lowest BCUT2D eigenvalue weighted by molar-refractivity contribution is -0.151. The summed E-state index contributed by atoms with van der Waals surface area (Å²) < 4.78 is 5.41. The highest BCUT2D eigenvalue weighted by molar-refractivity contribution is 5.97. The summed E-state index contributed by atoms with van der Waals surface area (Å²) in [4.78, 5) is 23.1. The number of ether oxygens (including phenoxy) is 1. The van der Waals surface area contributed by atoms with E-state index < -0.39 is 23.2 Å². The standard InChI is InChI=1S/C13H23NO4/c1-8-9(5-6-18-8)7-14-11(15)10(12(16)17)13(2,3)4/h8-10H,5-7H2,1-4H3,(H,14,15)(H,16,17). The van der Waals surface area contributed by atoms with Crippen LogP contribution in [0, 0.1) is 17.3 Å². The highest BCUT2D eigenvalue weighted by Gasteiger charge is 2.38. The zero-order valence-electron chi connectivity index (χ0n) is 11.5. The van der Waals surface area contributed by atoms with Gasteiger partial charge >= 0.3 is 5.97 Å². The molecule has 0 radical (unpaired) electrons. The van der Waals surface area contributed by atoms with Crippen molar-refractivity contribution in [2.24, 2.45) is 17.3 Å². The van der Waals surface area contributed by atoms with E-state index in [-0.39, 0.29) is 12.0 Å². The fraction of sp³-hybridized carbons (Fsp3) is 0.846. The van der Waals surface area contributed by atoms with E-state index in [1.54, 1.807) is 20.8 Å². The van der Waals surface area contributed by atoms with Gasteiger partial charge in [0.15, 0.2) is 0 Å². The summed E-state index contributed by atoms with van der Waals surface area (Å²) in [7, 11) is 0. The molecular weight excluding hydrogens is 234 g/mol. The second kappa shape index (κ2) is 5.69. The molecule has 1 aliphatic heterocycles. The predicted octanol–water partition coefficient (Wildman–Crippen LogP) is 1.27. The van der Waals surface area contributed by atoms with Gasteiger partial charge in [0.05, 0.1) is 6.10 Å². The molecule has 0 bridgehead atoms. The van der Waals surface area contributed by atoms with Gasteiger partial charge in [0.2, 0.25) is 5.91 Å². The molecule has 3 atom stereocenters. The minimum atomic E-state index is -1.07. The molecule has 1 aliphatic rings. The Morgan fingerprint density at radius 3 is 2.44 bits per heavy atom. The van der Waals surface area contributed by atoms with Crippen molar-refractivity contribution in [3.63, 3.8) is 0 Å². The fourth-order valence-electron chi connectivity index (χ4n) is 2.25. The number of carbonyl (C=O) groups excluding carboxylic acids is 1. The van der Waals surface area contributed by atoms with Crippen LogP contribution in [0.3, 0.4) is 0 Å². The molecular formula is C13H23NO4. The highest BCUT2D eigenvalue weighted by Crippen LogP contribution is 2.26. The Hall–Kier alpha value is -1.10. The van der Waals surface area contributed by atoms with E-state index in [0.29, 0.717) is 13.2 Å². The summed E-state index contributed by atoms with van der Waals surface area (Å²) in [5.74, 6) is -2.22. The van der Waals surface area contributed by atoms with Crippen LogP contribution in [-0.4, -0.2) is 36.2 Å². The van der Waals surface area contributed by atoms with Gasteiger partial charge in [-0.25, -0.2) is 0 Å². The van der Waals surface area contributed by atoms with Crippen LogP contribution in [0.2, 0.25) is 0 Å². The van der Waals surface area contributed by atoms with Crippen LogP contribution in [0.5, 0.6) is 0 Å². The van der Waals surface area contributed by atoms with Crippen molar-refractivity contribution in [1.29, 1.82) is 0 Å². The number of rotatable bonds is 4. The largest absolute Gasteiger partial charge is 0.481 e. The van der Waals surface area contributed by atoms with Gasteiger partial charge < -0.3 is 15.2 Å². The summed E-state index contributed by atoms with van der Waals surface area (Å²) in [5.41, 5.74) is -0.590. The molecule has 1 saturated heterocycles. The van der Waals surface area contributed by atoms with E-state index in [1.807, 2.05) is 6.92 Å². The molecule has 1 heterocycles. The zero-order valence-corrected chi connectivity index (χ0v) is 11.5. The minimum absolute atomic E-state index is 0.128. The fourth-order valence-corrected chi connectivity index (χ4v) is 2.25. The maximum absolute atomic E-state index is 12.0. The lowest BCUT2D eigenvalue weighted by Crippen LogP contribution is -2.44. The van der Waals surface area contributed by atoms with E-state index in [2.05, 4.69) is 5.32 Å². The number of hydrogen-bond acceptors (Lipinski definition) is 3. The Kier molecular flexibility index (Phi) is 4.73. The Morgan fingerprint density at radius 2 is 2.06 bits per heavy atom. The maximum atomic E-state index is 12.0. The molecule has 0 aliphatic carbocycles. The number of amides is 1. The molecule has 1 fully saturated rings. The molecule has 3 unspecified atom stereocenters. The summed E-state index contributed by atoms with van der Waals surface area (Å²) in [6.45, 7) is 8.44. The van der Waals surface area contributed by atoms with E-state index in [4.69, 9.17) is 9.84 Å². The number of nitrogens with one attached hydrogen (secondary N) is 1. The van der Waals surface area contributed by atoms with Crippen LogP contribution in [0.1, 0.15) is 34.1 Å². The molecule has 0 aromatic heterocycles. The Labute approximate surface area is 108 Å². The first kappa shape index (κ1) is 15.0. The number of carbonyl (C=O) groups is 2. The van der Waals surface area contributed by atoms with Crippen molar-refractivity contribution in [3.8, 4) is 0 Å². The number of aliphatic carboxylic acids is 1. The van der Waals surface area contributed by atoms with Gasteiger partial charge in [-0.1, -0.05) is 20.8 Å². The van der Waals surface area contributed by atoms with Crippen molar-refractivity contribution < 1.29 is 19.4 Å². The lowest BCUT2D eigenvalue weighted by Gasteiger charge is -2.26. The van der Waals surface area contributed by atoms with Crippen molar-refractivity contribution in [1.82, 2.24) is 5.32 Å². The molecule has 5 nitrogen and oxygen atoms in total. The summed E-state index contributed by atoms with van der Waals surface area (Å²) >= 11 is 0. The predicted molar refractivity (Wildman–Crippen MR) is 67.1 cm³/mol. The number of carboxylic acids is 1. The molecule has 0 saturated carbocycles. The van der Waals surface area contributed by atoms with Gasteiger partial charge in [0, 0.05) is 19.1 Å². The van der Waals surface area contributed by atoms with Crippen LogP contribution in [0.25, 0.3) is 0 Å². The minimum Gasteiger partial charge on any atom is -0.481 e. The van der Waals surface area contributed by atoms with E-state index in [0.717, 1.165) is 6.42 Å². The molecule has 1 rings (SSSR count). The lowest BCUT2D eigenvalue weighted by atomic mass is 9.80. The van der Waals surface area contributed by atoms with Crippen molar-refractivity contribution >= 4 is 11.9 Å². The van der Waals surface area contributed by atoms with Gasteiger partial charge in [0.25, 0.3) is 0 Å². The third kappa shape index (κ3) is 3.70. The summed E-state index contributed by atoms with van der Waals surface area (Å²) in [5, 5.41) is 11.9. The molecule has 104 valence electrons. The van der Waals surface area contributed by atoms with Gasteiger partial charge in [0.1, 0.15) is 5.92 Å². The first-order valence-corrected chi connectivity index (χ1v) is 6.35. The van der Waals surface area contributed by atoms with E-state index in [1.165, 1.54) is 0 Å². The van der Waals surface area contributed by atoms with Crippen LogP contribution in [0.4, 0.5) is 0 Å². The first-order chi connectivity index (χ1) is 8.23. The monoisotopic (exact) mass is 257 g/mol. The third-order valence-corrected chi connectivity index (χ3v) is 3.45. The zero-order chi connectivity index (χ0) is 13.9. The molecule has 1 amide bonds. The maximum Gasteiger partial charge on any atom is 0.316 e. The molecule has 2 N–H and O–H groups in total. The average molecular weight is 257 g/mol. The topological polar surface area (TPSA) is 75.6 Å². The normalized spacial score (nSPS) is 25.8. The molecule has 0 aromatic carbocycles. The van der Waals surface area contributed by atoms with Crippen LogP contribution in [0.15, 0.2) is 0 Å². The summed E-state index contributed by atoms with van der Waals surface area (Å²) in [6, 6.07) is 0. The molecule has 0 spiro atoms. The number of hydrogen-bond donors (Lipinski definition) is 2. The van der Waals surface area contributed by atoms with Crippen molar-refractivity contribution in [2.45, 2.75) is 40.2 Å².